The monoisotopic (exact) mass is 330 g/mol. The highest BCUT2D eigenvalue weighted by Gasteiger charge is 2.18. The van der Waals surface area contributed by atoms with Crippen molar-refractivity contribution in [3.05, 3.63) is 65.2 Å². The van der Waals surface area contributed by atoms with Crippen LogP contribution in [0.25, 0.3) is 22.2 Å². The van der Waals surface area contributed by atoms with Crippen LogP contribution in [0.1, 0.15) is 42.4 Å². The molecule has 0 N–H and O–H groups in total. The zero-order valence-corrected chi connectivity index (χ0v) is 15.7. The predicted molar refractivity (Wildman–Crippen MR) is 106 cm³/mol. The molecule has 1 nitrogen and oxygen atoms in total. The number of aromatic nitrogens is 1. The number of hydrogen-bond donors (Lipinski definition) is 0. The van der Waals surface area contributed by atoms with Gasteiger partial charge in [-0.25, -0.2) is 0 Å². The standard InChI is InChI=1S/C24H28N/c1-17-8-9-18(2)22(14-17)24-13-11-21-16-20(10-12-23(21)25(24)3)15-19-6-4-5-7-19/h8-14,16,19H,4-7,15H2,1-3H3/q+1. The minimum Gasteiger partial charge on any atom is -0.194 e. The van der Waals surface area contributed by atoms with Crippen molar-refractivity contribution in [1.29, 1.82) is 0 Å². The van der Waals surface area contributed by atoms with Crippen molar-refractivity contribution in [2.45, 2.75) is 46.0 Å². The summed E-state index contributed by atoms with van der Waals surface area (Å²) < 4.78 is 2.34. The SMILES string of the molecule is Cc1ccc(C)c(-c2ccc3cc(CC4CCCC4)ccc3[n+]2C)c1. The van der Waals surface area contributed by atoms with Gasteiger partial charge in [-0.3, -0.25) is 0 Å². The van der Waals surface area contributed by atoms with Crippen LogP contribution in [-0.4, -0.2) is 0 Å². The van der Waals surface area contributed by atoms with Crippen LogP contribution in [0.2, 0.25) is 0 Å². The van der Waals surface area contributed by atoms with Gasteiger partial charge in [-0.05, 0) is 55.5 Å². The van der Waals surface area contributed by atoms with Crippen LogP contribution in [0.15, 0.2) is 48.5 Å². The fraction of sp³-hybridized carbons (Fsp3) is 0.375. The first-order chi connectivity index (χ1) is 12.1. The Morgan fingerprint density at radius 3 is 2.52 bits per heavy atom. The van der Waals surface area contributed by atoms with Crippen molar-refractivity contribution in [2.24, 2.45) is 13.0 Å². The molecular formula is C24H28N+. The Morgan fingerprint density at radius 2 is 1.72 bits per heavy atom. The smallest absolute Gasteiger partial charge is 0.194 e. The Bertz CT molecular complexity index is 917. The maximum Gasteiger partial charge on any atom is 0.213 e. The molecule has 3 aromatic rings. The Morgan fingerprint density at radius 1 is 0.920 bits per heavy atom. The highest BCUT2D eigenvalue weighted by atomic mass is 14.9. The van der Waals surface area contributed by atoms with Gasteiger partial charge in [0, 0.05) is 23.1 Å². The highest BCUT2D eigenvalue weighted by Crippen LogP contribution is 2.29. The fourth-order valence-electron chi connectivity index (χ4n) is 4.41. The summed E-state index contributed by atoms with van der Waals surface area (Å²) in [6, 6.07) is 18.3. The van der Waals surface area contributed by atoms with E-state index in [4.69, 9.17) is 0 Å². The third kappa shape index (κ3) is 3.20. The van der Waals surface area contributed by atoms with Crippen LogP contribution >= 0.6 is 0 Å². The minimum absolute atomic E-state index is 0.903. The Balaban J connectivity index is 1.74. The highest BCUT2D eigenvalue weighted by molar-refractivity contribution is 5.78. The first-order valence-electron chi connectivity index (χ1n) is 9.61. The molecule has 0 unspecified atom stereocenters. The number of benzene rings is 2. The molecule has 128 valence electrons. The van der Waals surface area contributed by atoms with Gasteiger partial charge in [-0.1, -0.05) is 49.4 Å². The second-order valence-electron chi connectivity index (χ2n) is 7.84. The minimum atomic E-state index is 0.903. The van der Waals surface area contributed by atoms with Gasteiger partial charge in [0.25, 0.3) is 0 Å². The van der Waals surface area contributed by atoms with E-state index in [1.165, 1.54) is 71.0 Å². The molecule has 4 rings (SSSR count). The molecule has 1 heteroatoms. The Kier molecular flexibility index (Phi) is 4.33. The van der Waals surface area contributed by atoms with Gasteiger partial charge in [0.15, 0.2) is 0 Å². The van der Waals surface area contributed by atoms with Crippen LogP contribution in [0, 0.1) is 19.8 Å². The van der Waals surface area contributed by atoms with Crippen LogP contribution in [0.4, 0.5) is 0 Å². The van der Waals surface area contributed by atoms with Gasteiger partial charge in [-0.2, -0.15) is 4.57 Å². The van der Waals surface area contributed by atoms with Crippen molar-refractivity contribution in [2.75, 3.05) is 0 Å². The first-order valence-corrected chi connectivity index (χ1v) is 9.61. The molecule has 0 bridgehead atoms. The van der Waals surface area contributed by atoms with Crippen molar-refractivity contribution in [3.8, 4) is 11.3 Å². The molecule has 0 saturated heterocycles. The number of hydrogen-bond acceptors (Lipinski definition) is 0. The summed E-state index contributed by atoms with van der Waals surface area (Å²) in [4.78, 5) is 0. The summed E-state index contributed by atoms with van der Waals surface area (Å²) in [5, 5.41) is 1.35. The summed E-state index contributed by atoms with van der Waals surface area (Å²) in [5.74, 6) is 0.903. The van der Waals surface area contributed by atoms with Crippen molar-refractivity contribution >= 4 is 10.9 Å². The maximum atomic E-state index is 2.40. The maximum absolute atomic E-state index is 2.40. The molecule has 2 aromatic carbocycles. The second-order valence-corrected chi connectivity index (χ2v) is 7.84. The van der Waals surface area contributed by atoms with Crippen molar-refractivity contribution in [1.82, 2.24) is 0 Å². The summed E-state index contributed by atoms with van der Waals surface area (Å²) in [5.41, 5.74) is 8.08. The Labute approximate surface area is 151 Å². The zero-order chi connectivity index (χ0) is 17.4. The Hall–Kier alpha value is -2.15. The summed E-state index contributed by atoms with van der Waals surface area (Å²) >= 11 is 0. The predicted octanol–water partition coefficient (Wildman–Crippen LogP) is 5.68. The van der Waals surface area contributed by atoms with Crippen LogP contribution in [-0.2, 0) is 13.5 Å². The van der Waals surface area contributed by atoms with Gasteiger partial charge in [0.05, 0.1) is 0 Å². The number of nitrogens with zero attached hydrogens (tertiary/aromatic N) is 1. The van der Waals surface area contributed by atoms with E-state index in [-0.39, 0.29) is 0 Å². The van der Waals surface area contributed by atoms with E-state index in [2.05, 4.69) is 74.0 Å². The summed E-state index contributed by atoms with van der Waals surface area (Å²) in [6.07, 6.45) is 6.92. The molecule has 0 aliphatic heterocycles. The van der Waals surface area contributed by atoms with Crippen LogP contribution < -0.4 is 4.57 Å². The number of rotatable bonds is 3. The van der Waals surface area contributed by atoms with Gasteiger partial charge < -0.3 is 0 Å². The summed E-state index contributed by atoms with van der Waals surface area (Å²) in [6.45, 7) is 4.36. The lowest BCUT2D eigenvalue weighted by atomic mass is 9.96. The van der Waals surface area contributed by atoms with E-state index in [9.17, 15) is 0 Å². The lowest BCUT2D eigenvalue weighted by Gasteiger charge is -2.11. The van der Waals surface area contributed by atoms with E-state index >= 15 is 0 Å². The van der Waals surface area contributed by atoms with Gasteiger partial charge in [0.1, 0.15) is 7.05 Å². The summed E-state index contributed by atoms with van der Waals surface area (Å²) in [7, 11) is 2.19. The second kappa shape index (κ2) is 6.63. The molecule has 1 saturated carbocycles. The molecule has 25 heavy (non-hydrogen) atoms. The first kappa shape index (κ1) is 16.3. The molecule has 0 radical (unpaired) electrons. The largest absolute Gasteiger partial charge is 0.213 e. The third-order valence-electron chi connectivity index (χ3n) is 5.90. The normalized spacial score (nSPS) is 15.2. The lowest BCUT2D eigenvalue weighted by Crippen LogP contribution is -2.32. The molecule has 1 aromatic heterocycles. The van der Waals surface area contributed by atoms with E-state index in [1.807, 2.05) is 0 Å². The van der Waals surface area contributed by atoms with Crippen molar-refractivity contribution < 1.29 is 4.57 Å². The molecule has 1 aliphatic carbocycles. The third-order valence-corrected chi connectivity index (χ3v) is 5.90. The molecule has 0 amide bonds. The number of fused-ring (bicyclic) bond motifs is 1. The molecule has 1 fully saturated rings. The fourth-order valence-corrected chi connectivity index (χ4v) is 4.41. The molecule has 1 aliphatic rings. The van der Waals surface area contributed by atoms with E-state index in [0.29, 0.717) is 0 Å². The number of aryl methyl sites for hydroxylation is 3. The lowest BCUT2D eigenvalue weighted by molar-refractivity contribution is -0.633. The van der Waals surface area contributed by atoms with E-state index in [1.54, 1.807) is 0 Å². The molecule has 0 spiro atoms. The van der Waals surface area contributed by atoms with E-state index in [0.717, 1.165) is 5.92 Å². The quantitative estimate of drug-likeness (QED) is 0.544. The van der Waals surface area contributed by atoms with E-state index < -0.39 is 0 Å². The van der Waals surface area contributed by atoms with Gasteiger partial charge in [0.2, 0.25) is 11.2 Å². The van der Waals surface area contributed by atoms with Crippen LogP contribution in [0.5, 0.6) is 0 Å². The zero-order valence-electron chi connectivity index (χ0n) is 15.7. The van der Waals surface area contributed by atoms with Gasteiger partial charge >= 0.3 is 0 Å². The average Bonchev–Trinajstić information content (AvgIpc) is 3.11. The number of pyridine rings is 1. The molecule has 1 heterocycles. The van der Waals surface area contributed by atoms with Crippen LogP contribution in [0.3, 0.4) is 0 Å². The van der Waals surface area contributed by atoms with Crippen molar-refractivity contribution in [3.63, 3.8) is 0 Å². The average molecular weight is 330 g/mol. The van der Waals surface area contributed by atoms with Gasteiger partial charge in [-0.15, -0.1) is 0 Å². The molecular weight excluding hydrogens is 302 g/mol. The topological polar surface area (TPSA) is 3.88 Å². The molecule has 0 atom stereocenters.